The number of hydrogen-bond acceptors (Lipinski definition) is 5. The Morgan fingerprint density at radius 3 is 2.83 bits per heavy atom. The van der Waals surface area contributed by atoms with Crippen molar-refractivity contribution >= 4 is 50.3 Å². The van der Waals surface area contributed by atoms with Crippen LogP contribution in [-0.4, -0.2) is 39.9 Å². The quantitative estimate of drug-likeness (QED) is 0.549. The molecule has 0 spiro atoms. The molecule has 1 heterocycles. The van der Waals surface area contributed by atoms with Gasteiger partial charge < -0.3 is 20.1 Å². The first kappa shape index (κ1) is 21.6. The van der Waals surface area contributed by atoms with Gasteiger partial charge in [-0.2, -0.15) is 0 Å². The molecule has 1 aliphatic rings. The number of para-hydroxylation sites is 2. The first-order valence-electron chi connectivity index (χ1n) is 9.01. The van der Waals surface area contributed by atoms with Crippen molar-refractivity contribution in [3.63, 3.8) is 0 Å². The number of nitrogens with one attached hydrogen (secondary N) is 3. The summed E-state index contributed by atoms with van der Waals surface area (Å²) in [6.07, 6.45) is 2.18. The van der Waals surface area contributed by atoms with Gasteiger partial charge in [0.2, 0.25) is 0 Å². The minimum Gasteiger partial charge on any atom is -0.495 e. The highest BCUT2D eigenvalue weighted by Gasteiger charge is 2.21. The van der Waals surface area contributed by atoms with E-state index in [9.17, 15) is 8.42 Å². The molecule has 2 aromatic carbocycles. The Morgan fingerprint density at radius 2 is 2.10 bits per heavy atom. The van der Waals surface area contributed by atoms with Crippen molar-refractivity contribution < 1.29 is 17.9 Å². The highest BCUT2D eigenvalue weighted by molar-refractivity contribution is 7.92. The number of thiocarbonyl (C=S) groups is 1. The Morgan fingerprint density at radius 1 is 1.31 bits per heavy atom. The van der Waals surface area contributed by atoms with Gasteiger partial charge in [-0.05, 0) is 55.4 Å². The van der Waals surface area contributed by atoms with Crippen molar-refractivity contribution in [2.45, 2.75) is 23.8 Å². The molecular formula is C19H22ClN3O4S2. The highest BCUT2D eigenvalue weighted by Crippen LogP contribution is 2.30. The van der Waals surface area contributed by atoms with Crippen LogP contribution in [0.1, 0.15) is 12.8 Å². The monoisotopic (exact) mass is 455 g/mol. The number of sulfonamides is 1. The van der Waals surface area contributed by atoms with Crippen LogP contribution in [0.25, 0.3) is 0 Å². The predicted molar refractivity (Wildman–Crippen MR) is 118 cm³/mol. The summed E-state index contributed by atoms with van der Waals surface area (Å²) in [5.74, 6) is 0.404. The second kappa shape index (κ2) is 9.62. The maximum atomic E-state index is 12.9. The largest absolute Gasteiger partial charge is 0.495 e. The molecule has 0 amide bonds. The van der Waals surface area contributed by atoms with Crippen molar-refractivity contribution in [1.29, 1.82) is 0 Å². The standard InChI is InChI=1S/C19H22ClN3O4S2/c1-26-17-7-3-2-6-16(17)23-29(24,25)18-11-13(8-9-15(18)20)22-19(28)21-12-14-5-4-10-27-14/h2-3,6-9,11,14,23H,4-5,10,12H2,1H3,(H2,21,22,28). The second-order valence-electron chi connectivity index (χ2n) is 6.42. The van der Waals surface area contributed by atoms with E-state index in [1.165, 1.54) is 19.2 Å². The van der Waals surface area contributed by atoms with Crippen LogP contribution >= 0.6 is 23.8 Å². The number of ether oxygens (including phenoxy) is 2. The molecule has 0 radical (unpaired) electrons. The van der Waals surface area contributed by atoms with E-state index >= 15 is 0 Å². The van der Waals surface area contributed by atoms with Gasteiger partial charge in [0.15, 0.2) is 5.11 Å². The van der Waals surface area contributed by atoms with Crippen LogP contribution in [0.5, 0.6) is 5.75 Å². The summed E-state index contributed by atoms with van der Waals surface area (Å²) < 4.78 is 39.0. The van der Waals surface area contributed by atoms with Crippen LogP contribution in [-0.2, 0) is 14.8 Å². The lowest BCUT2D eigenvalue weighted by molar-refractivity contribution is 0.114. The fourth-order valence-corrected chi connectivity index (χ4v) is 4.70. The zero-order chi connectivity index (χ0) is 20.9. The summed E-state index contributed by atoms with van der Waals surface area (Å²) >= 11 is 11.4. The average molecular weight is 456 g/mol. The predicted octanol–water partition coefficient (Wildman–Crippen LogP) is 3.61. The smallest absolute Gasteiger partial charge is 0.263 e. The van der Waals surface area contributed by atoms with Crippen molar-refractivity contribution in [3.8, 4) is 5.75 Å². The van der Waals surface area contributed by atoms with Gasteiger partial charge in [0.05, 0.1) is 23.9 Å². The van der Waals surface area contributed by atoms with Gasteiger partial charge in [0.1, 0.15) is 10.6 Å². The molecule has 7 nitrogen and oxygen atoms in total. The lowest BCUT2D eigenvalue weighted by atomic mass is 10.2. The minimum absolute atomic E-state index is 0.0722. The molecule has 156 valence electrons. The van der Waals surface area contributed by atoms with E-state index < -0.39 is 10.0 Å². The topological polar surface area (TPSA) is 88.7 Å². The maximum absolute atomic E-state index is 12.9. The molecule has 0 saturated carbocycles. The van der Waals surface area contributed by atoms with Crippen molar-refractivity contribution in [2.75, 3.05) is 30.3 Å². The summed E-state index contributed by atoms with van der Waals surface area (Å²) in [6.45, 7) is 1.37. The van der Waals surface area contributed by atoms with Crippen LogP contribution in [0.15, 0.2) is 47.4 Å². The first-order chi connectivity index (χ1) is 13.9. The number of halogens is 1. The molecule has 3 rings (SSSR count). The van der Waals surface area contributed by atoms with Gasteiger partial charge in [-0.15, -0.1) is 0 Å². The summed E-state index contributed by atoms with van der Waals surface area (Å²) in [7, 11) is -2.48. The molecular weight excluding hydrogens is 434 g/mol. The number of rotatable bonds is 7. The van der Waals surface area contributed by atoms with Crippen LogP contribution in [0.2, 0.25) is 5.02 Å². The van der Waals surface area contributed by atoms with E-state index in [0.717, 1.165) is 19.4 Å². The van der Waals surface area contributed by atoms with Crippen molar-refractivity contribution in [1.82, 2.24) is 5.32 Å². The molecule has 0 aromatic heterocycles. The van der Waals surface area contributed by atoms with Gasteiger partial charge in [0.25, 0.3) is 10.0 Å². The molecule has 2 aromatic rings. The number of benzene rings is 2. The van der Waals surface area contributed by atoms with Crippen molar-refractivity contribution in [2.24, 2.45) is 0 Å². The SMILES string of the molecule is COc1ccccc1NS(=O)(=O)c1cc(NC(=S)NCC2CCCO2)ccc1Cl. The van der Waals surface area contributed by atoms with Gasteiger partial charge >= 0.3 is 0 Å². The molecule has 29 heavy (non-hydrogen) atoms. The summed E-state index contributed by atoms with van der Waals surface area (Å²) in [4.78, 5) is -0.0722. The molecule has 1 aliphatic heterocycles. The van der Waals surface area contributed by atoms with Gasteiger partial charge in [-0.1, -0.05) is 23.7 Å². The third kappa shape index (κ3) is 5.72. The van der Waals surface area contributed by atoms with Crippen LogP contribution < -0.4 is 20.1 Å². The van der Waals surface area contributed by atoms with Crippen molar-refractivity contribution in [3.05, 3.63) is 47.5 Å². The molecule has 1 fully saturated rings. The fraction of sp³-hybridized carbons (Fsp3) is 0.316. The zero-order valence-corrected chi connectivity index (χ0v) is 18.2. The Kier molecular flexibility index (Phi) is 7.18. The number of methoxy groups -OCH3 is 1. The second-order valence-corrected chi connectivity index (χ2v) is 8.89. The van der Waals surface area contributed by atoms with E-state index in [-0.39, 0.29) is 16.0 Å². The van der Waals surface area contributed by atoms with Gasteiger partial charge in [-0.3, -0.25) is 4.72 Å². The van der Waals surface area contributed by atoms with Gasteiger partial charge in [-0.25, -0.2) is 8.42 Å². The summed E-state index contributed by atoms with van der Waals surface area (Å²) in [6, 6.07) is 11.3. The van der Waals surface area contributed by atoms with E-state index in [4.69, 9.17) is 33.3 Å². The fourth-order valence-electron chi connectivity index (χ4n) is 2.90. The molecule has 3 N–H and O–H groups in total. The maximum Gasteiger partial charge on any atom is 0.263 e. The molecule has 1 unspecified atom stereocenters. The van der Waals surface area contributed by atoms with E-state index in [1.807, 2.05) is 0 Å². The minimum atomic E-state index is -3.95. The third-order valence-corrected chi connectivity index (χ3v) is 6.44. The Hall–Kier alpha value is -2.07. The molecule has 1 atom stereocenters. The molecule has 0 aliphatic carbocycles. The van der Waals surface area contributed by atoms with Crippen LogP contribution in [0.4, 0.5) is 11.4 Å². The number of anilines is 2. The van der Waals surface area contributed by atoms with E-state index in [2.05, 4.69) is 15.4 Å². The summed E-state index contributed by atoms with van der Waals surface area (Å²) in [5.41, 5.74) is 0.817. The average Bonchev–Trinajstić information content (AvgIpc) is 3.21. The number of hydrogen-bond donors (Lipinski definition) is 3. The van der Waals surface area contributed by atoms with E-state index in [0.29, 0.717) is 28.8 Å². The van der Waals surface area contributed by atoms with E-state index in [1.54, 1.807) is 30.3 Å². The normalized spacial score (nSPS) is 16.3. The van der Waals surface area contributed by atoms with Crippen LogP contribution in [0.3, 0.4) is 0 Å². The molecule has 1 saturated heterocycles. The molecule has 10 heteroatoms. The Balaban J connectivity index is 1.72. The van der Waals surface area contributed by atoms with Gasteiger partial charge in [0, 0.05) is 18.8 Å². The molecule has 0 bridgehead atoms. The van der Waals surface area contributed by atoms with Crippen LogP contribution in [0, 0.1) is 0 Å². The Bertz CT molecular complexity index is 979. The first-order valence-corrected chi connectivity index (χ1v) is 11.3. The lowest BCUT2D eigenvalue weighted by Crippen LogP contribution is -2.34. The zero-order valence-electron chi connectivity index (χ0n) is 15.8. The lowest BCUT2D eigenvalue weighted by Gasteiger charge is -2.16. The third-order valence-electron chi connectivity index (χ3n) is 4.34. The highest BCUT2D eigenvalue weighted by atomic mass is 35.5. The summed E-state index contributed by atoms with van der Waals surface area (Å²) in [5, 5.41) is 6.54. The Labute approximate surface area is 180 Å².